The summed E-state index contributed by atoms with van der Waals surface area (Å²) in [5, 5.41) is 1.08. The lowest BCUT2D eigenvalue weighted by Gasteiger charge is -2.35. The topological polar surface area (TPSA) is 9.23 Å². The van der Waals surface area contributed by atoms with Gasteiger partial charge in [0.25, 0.3) is 0 Å². The Morgan fingerprint density at radius 3 is 2.75 bits per heavy atom. The van der Waals surface area contributed by atoms with Gasteiger partial charge in [-0.05, 0) is 44.9 Å². The Balaban J connectivity index is 2.35. The van der Waals surface area contributed by atoms with Crippen LogP contribution in [0.5, 0.6) is 0 Å². The second-order valence-electron chi connectivity index (χ2n) is 5.18. The molecule has 3 atom stereocenters. The van der Waals surface area contributed by atoms with E-state index >= 15 is 0 Å². The van der Waals surface area contributed by atoms with Gasteiger partial charge in [0, 0.05) is 17.9 Å². The van der Waals surface area contributed by atoms with Crippen molar-refractivity contribution in [2.45, 2.75) is 52.1 Å². The van der Waals surface area contributed by atoms with Crippen LogP contribution in [0, 0.1) is 11.8 Å². The van der Waals surface area contributed by atoms with E-state index in [2.05, 4.69) is 36.4 Å². The maximum atomic E-state index is 6.05. The average molecular weight is 289 g/mol. The van der Waals surface area contributed by atoms with E-state index in [-0.39, 0.29) is 0 Å². The SMILES string of the molecule is C=C(C)C1CCC(C)CC1OCCCCBr. The summed E-state index contributed by atoms with van der Waals surface area (Å²) < 4.78 is 6.05. The molecular formula is C14H25BrO. The Bertz CT molecular complexity index is 215. The first-order valence-corrected chi connectivity index (χ1v) is 7.60. The van der Waals surface area contributed by atoms with Crippen molar-refractivity contribution in [2.24, 2.45) is 11.8 Å². The molecule has 0 bridgehead atoms. The van der Waals surface area contributed by atoms with Crippen molar-refractivity contribution < 1.29 is 4.74 Å². The normalized spacial score (nSPS) is 30.3. The zero-order chi connectivity index (χ0) is 12.0. The average Bonchev–Trinajstić information content (AvgIpc) is 2.24. The van der Waals surface area contributed by atoms with Crippen LogP contribution in [-0.2, 0) is 4.74 Å². The van der Waals surface area contributed by atoms with E-state index in [1.807, 2.05) is 0 Å². The third-order valence-electron chi connectivity index (χ3n) is 3.55. The molecule has 0 spiro atoms. The Kier molecular flexibility index (Phi) is 6.67. The summed E-state index contributed by atoms with van der Waals surface area (Å²) in [7, 11) is 0. The number of hydrogen-bond donors (Lipinski definition) is 0. The van der Waals surface area contributed by atoms with Gasteiger partial charge in [0.05, 0.1) is 6.10 Å². The molecule has 1 fully saturated rings. The molecule has 1 aliphatic carbocycles. The molecule has 1 saturated carbocycles. The van der Waals surface area contributed by atoms with Crippen LogP contribution in [0.1, 0.15) is 46.0 Å². The standard InChI is InChI=1S/C14H25BrO/c1-11(2)13-7-6-12(3)10-14(13)16-9-5-4-8-15/h12-14H,1,4-10H2,2-3H3. The van der Waals surface area contributed by atoms with Crippen LogP contribution in [0.25, 0.3) is 0 Å². The number of ether oxygens (including phenoxy) is 1. The van der Waals surface area contributed by atoms with E-state index in [0.717, 1.165) is 17.9 Å². The second kappa shape index (κ2) is 7.50. The van der Waals surface area contributed by atoms with E-state index in [1.165, 1.54) is 37.7 Å². The minimum atomic E-state index is 0.427. The summed E-state index contributed by atoms with van der Waals surface area (Å²) in [6.07, 6.45) is 6.61. The smallest absolute Gasteiger partial charge is 0.0642 e. The van der Waals surface area contributed by atoms with Gasteiger partial charge in [-0.15, -0.1) is 0 Å². The maximum absolute atomic E-state index is 6.05. The lowest BCUT2D eigenvalue weighted by atomic mass is 9.78. The lowest BCUT2D eigenvalue weighted by molar-refractivity contribution is -0.0133. The highest BCUT2D eigenvalue weighted by Gasteiger charge is 2.29. The van der Waals surface area contributed by atoms with E-state index in [4.69, 9.17) is 4.74 Å². The number of unbranched alkanes of at least 4 members (excludes halogenated alkanes) is 1. The van der Waals surface area contributed by atoms with Gasteiger partial charge in [-0.3, -0.25) is 0 Å². The van der Waals surface area contributed by atoms with Gasteiger partial charge in [0.2, 0.25) is 0 Å². The van der Waals surface area contributed by atoms with Crippen LogP contribution >= 0.6 is 15.9 Å². The van der Waals surface area contributed by atoms with Crippen molar-refractivity contribution in [1.82, 2.24) is 0 Å². The van der Waals surface area contributed by atoms with Crippen LogP contribution < -0.4 is 0 Å². The number of halogens is 1. The van der Waals surface area contributed by atoms with Gasteiger partial charge in [0.1, 0.15) is 0 Å². The number of hydrogen-bond acceptors (Lipinski definition) is 1. The van der Waals surface area contributed by atoms with Crippen LogP contribution in [-0.4, -0.2) is 18.0 Å². The van der Waals surface area contributed by atoms with Crippen molar-refractivity contribution >= 4 is 15.9 Å². The third-order valence-corrected chi connectivity index (χ3v) is 4.11. The summed E-state index contributed by atoms with van der Waals surface area (Å²) >= 11 is 3.45. The first kappa shape index (κ1) is 14.2. The molecule has 0 saturated heterocycles. The zero-order valence-corrected chi connectivity index (χ0v) is 12.3. The van der Waals surface area contributed by atoms with Crippen molar-refractivity contribution in [3.8, 4) is 0 Å². The van der Waals surface area contributed by atoms with Crippen molar-refractivity contribution in [3.63, 3.8) is 0 Å². The van der Waals surface area contributed by atoms with Crippen molar-refractivity contribution in [3.05, 3.63) is 12.2 Å². The van der Waals surface area contributed by atoms with E-state index in [9.17, 15) is 0 Å². The van der Waals surface area contributed by atoms with Gasteiger partial charge in [-0.25, -0.2) is 0 Å². The molecule has 0 aromatic heterocycles. The Hall–Kier alpha value is 0.180. The Labute approximate surface area is 109 Å². The molecular weight excluding hydrogens is 264 g/mol. The molecule has 0 radical (unpaired) electrons. The predicted octanol–water partition coefficient (Wildman–Crippen LogP) is 4.56. The molecule has 1 nitrogen and oxygen atoms in total. The van der Waals surface area contributed by atoms with Gasteiger partial charge < -0.3 is 4.74 Å². The quantitative estimate of drug-likeness (QED) is 0.396. The minimum Gasteiger partial charge on any atom is -0.378 e. The molecule has 0 N–H and O–H groups in total. The first-order chi connectivity index (χ1) is 7.65. The Morgan fingerprint density at radius 2 is 2.12 bits per heavy atom. The highest BCUT2D eigenvalue weighted by atomic mass is 79.9. The molecule has 0 heterocycles. The van der Waals surface area contributed by atoms with Gasteiger partial charge in [0.15, 0.2) is 0 Å². The summed E-state index contributed by atoms with van der Waals surface area (Å²) in [5.74, 6) is 1.41. The van der Waals surface area contributed by atoms with Crippen LogP contribution in [0.4, 0.5) is 0 Å². The number of rotatable bonds is 6. The van der Waals surface area contributed by atoms with Gasteiger partial charge in [-0.2, -0.15) is 0 Å². The molecule has 1 rings (SSSR count). The lowest BCUT2D eigenvalue weighted by Crippen LogP contribution is -2.32. The molecule has 0 aromatic carbocycles. The van der Waals surface area contributed by atoms with Crippen LogP contribution in [0.3, 0.4) is 0 Å². The van der Waals surface area contributed by atoms with Crippen LogP contribution in [0.2, 0.25) is 0 Å². The maximum Gasteiger partial charge on any atom is 0.0642 e. The highest BCUT2D eigenvalue weighted by molar-refractivity contribution is 9.09. The summed E-state index contributed by atoms with van der Waals surface area (Å²) in [5.41, 5.74) is 1.30. The fraction of sp³-hybridized carbons (Fsp3) is 0.857. The summed E-state index contributed by atoms with van der Waals surface area (Å²) in [6, 6.07) is 0. The largest absolute Gasteiger partial charge is 0.378 e. The monoisotopic (exact) mass is 288 g/mol. The molecule has 0 amide bonds. The molecule has 1 aliphatic rings. The van der Waals surface area contributed by atoms with E-state index in [1.54, 1.807) is 0 Å². The van der Waals surface area contributed by atoms with Gasteiger partial charge >= 0.3 is 0 Å². The van der Waals surface area contributed by atoms with Crippen molar-refractivity contribution in [2.75, 3.05) is 11.9 Å². The predicted molar refractivity (Wildman–Crippen MR) is 74.1 cm³/mol. The Morgan fingerprint density at radius 1 is 1.38 bits per heavy atom. The fourth-order valence-electron chi connectivity index (χ4n) is 2.51. The second-order valence-corrected chi connectivity index (χ2v) is 5.97. The summed E-state index contributed by atoms with van der Waals surface area (Å²) in [6.45, 7) is 9.51. The fourth-order valence-corrected chi connectivity index (χ4v) is 2.90. The van der Waals surface area contributed by atoms with Crippen molar-refractivity contribution in [1.29, 1.82) is 0 Å². The van der Waals surface area contributed by atoms with Gasteiger partial charge in [-0.1, -0.05) is 35.0 Å². The number of alkyl halides is 1. The minimum absolute atomic E-state index is 0.427. The third kappa shape index (κ3) is 4.58. The highest BCUT2D eigenvalue weighted by Crippen LogP contribution is 2.34. The summed E-state index contributed by atoms with van der Waals surface area (Å²) in [4.78, 5) is 0. The van der Waals surface area contributed by atoms with E-state index < -0.39 is 0 Å². The molecule has 16 heavy (non-hydrogen) atoms. The molecule has 0 aromatic rings. The first-order valence-electron chi connectivity index (χ1n) is 6.48. The molecule has 0 aliphatic heterocycles. The van der Waals surface area contributed by atoms with Crippen LogP contribution in [0.15, 0.2) is 12.2 Å². The zero-order valence-electron chi connectivity index (χ0n) is 10.7. The molecule has 3 unspecified atom stereocenters. The molecule has 2 heteroatoms. The van der Waals surface area contributed by atoms with E-state index in [0.29, 0.717) is 12.0 Å². The molecule has 94 valence electrons.